The van der Waals surface area contributed by atoms with Gasteiger partial charge in [-0.25, -0.2) is 9.37 Å². The van der Waals surface area contributed by atoms with Crippen molar-refractivity contribution in [3.05, 3.63) is 93.8 Å². The van der Waals surface area contributed by atoms with Gasteiger partial charge in [0.05, 0.1) is 34.5 Å². The minimum Gasteiger partial charge on any atom is -0.507 e. The first-order valence-electron chi connectivity index (χ1n) is 11.3. The van der Waals surface area contributed by atoms with Crippen molar-refractivity contribution in [2.75, 3.05) is 12.0 Å². The summed E-state index contributed by atoms with van der Waals surface area (Å²) >= 11 is 1.30. The third kappa shape index (κ3) is 3.83. The van der Waals surface area contributed by atoms with Crippen molar-refractivity contribution in [1.29, 1.82) is 0 Å². The van der Waals surface area contributed by atoms with E-state index in [9.17, 15) is 19.1 Å². The molecule has 1 atom stereocenters. The Hall–Kier alpha value is -4.04. The number of aliphatic hydroxyl groups excluding tert-OH is 1. The van der Waals surface area contributed by atoms with Crippen LogP contribution in [-0.2, 0) is 9.59 Å². The first kappa shape index (κ1) is 23.7. The molecule has 1 fully saturated rings. The summed E-state index contributed by atoms with van der Waals surface area (Å²) in [5.41, 5.74) is 4.25. The molecule has 8 heteroatoms. The summed E-state index contributed by atoms with van der Waals surface area (Å²) in [7, 11) is 1.38. The number of carbonyl (C=O) groups excluding carboxylic acids is 2. The van der Waals surface area contributed by atoms with Crippen LogP contribution in [0.3, 0.4) is 0 Å². The number of ketones is 1. The Labute approximate surface area is 211 Å². The number of hydrogen-bond acceptors (Lipinski definition) is 6. The fraction of sp³-hybridized carbons (Fsp3) is 0.179. The van der Waals surface area contributed by atoms with Crippen LogP contribution >= 0.6 is 11.3 Å². The van der Waals surface area contributed by atoms with Crippen LogP contribution < -0.4 is 9.64 Å². The molecule has 1 saturated heterocycles. The minimum atomic E-state index is -0.958. The van der Waals surface area contributed by atoms with Crippen molar-refractivity contribution in [2.45, 2.75) is 26.8 Å². The highest BCUT2D eigenvalue weighted by atomic mass is 32.1. The smallest absolute Gasteiger partial charge is 0.301 e. The number of benzene rings is 3. The molecular formula is C28H23FN2O4S. The molecule has 2 heterocycles. The number of fused-ring (bicyclic) bond motifs is 1. The average molecular weight is 503 g/mol. The molecule has 6 nitrogen and oxygen atoms in total. The predicted molar refractivity (Wildman–Crippen MR) is 138 cm³/mol. The second kappa shape index (κ2) is 8.87. The van der Waals surface area contributed by atoms with Gasteiger partial charge in [-0.2, -0.15) is 0 Å². The maximum Gasteiger partial charge on any atom is 0.301 e. The van der Waals surface area contributed by atoms with E-state index in [4.69, 9.17) is 4.74 Å². The summed E-state index contributed by atoms with van der Waals surface area (Å²) in [5.74, 6) is -2.64. The number of rotatable bonds is 4. The van der Waals surface area contributed by atoms with Gasteiger partial charge in [0.15, 0.2) is 5.13 Å². The number of thiazole rings is 1. The Morgan fingerprint density at radius 3 is 2.53 bits per heavy atom. The standard InChI is InChI=1S/C28H23FN2O4S/c1-14-6-5-7-17(10-14)24-23(25(32)19-13-18(29)8-9-21(19)35-4)26(33)27(34)31(24)28-30-20-11-15(2)16(3)12-22(20)36-28/h5-13,24,32H,1-4H3/b25-23+. The monoisotopic (exact) mass is 502 g/mol. The van der Waals surface area contributed by atoms with Gasteiger partial charge in [0, 0.05) is 0 Å². The Kier molecular flexibility index (Phi) is 5.84. The SMILES string of the molecule is COc1ccc(F)cc1/C(O)=C1\C(=O)C(=O)N(c2nc3cc(C)c(C)cc3s2)C1c1cccc(C)c1. The van der Waals surface area contributed by atoms with Crippen LogP contribution in [0.2, 0.25) is 0 Å². The lowest BCUT2D eigenvalue weighted by atomic mass is 9.94. The van der Waals surface area contributed by atoms with E-state index in [1.165, 1.54) is 35.5 Å². The molecule has 4 aromatic rings. The Bertz CT molecular complexity index is 1550. The third-order valence-corrected chi connectivity index (χ3v) is 7.44. The molecule has 1 unspecified atom stereocenters. The van der Waals surface area contributed by atoms with Gasteiger partial charge in [-0.3, -0.25) is 14.5 Å². The summed E-state index contributed by atoms with van der Waals surface area (Å²) in [5, 5.41) is 11.7. The highest BCUT2D eigenvalue weighted by Crippen LogP contribution is 2.45. The van der Waals surface area contributed by atoms with Crippen molar-refractivity contribution < 1.29 is 23.8 Å². The van der Waals surface area contributed by atoms with Gasteiger partial charge in [0.25, 0.3) is 5.78 Å². The predicted octanol–water partition coefficient (Wildman–Crippen LogP) is 6.00. The number of aliphatic hydroxyl groups is 1. The zero-order valence-corrected chi connectivity index (χ0v) is 20.9. The number of methoxy groups -OCH3 is 1. The van der Waals surface area contributed by atoms with E-state index < -0.39 is 29.3 Å². The van der Waals surface area contributed by atoms with Crippen LogP contribution in [0.1, 0.15) is 33.9 Å². The van der Waals surface area contributed by atoms with E-state index in [0.29, 0.717) is 10.7 Å². The largest absolute Gasteiger partial charge is 0.507 e. The lowest BCUT2D eigenvalue weighted by Gasteiger charge is -2.23. The van der Waals surface area contributed by atoms with Crippen LogP contribution in [0.5, 0.6) is 5.75 Å². The molecule has 1 aromatic heterocycles. The lowest BCUT2D eigenvalue weighted by molar-refractivity contribution is -0.132. The van der Waals surface area contributed by atoms with Crippen molar-refractivity contribution >= 4 is 44.1 Å². The zero-order chi connectivity index (χ0) is 25.7. The number of ether oxygens (including phenoxy) is 1. The van der Waals surface area contributed by atoms with Gasteiger partial charge < -0.3 is 9.84 Å². The Morgan fingerprint density at radius 2 is 1.81 bits per heavy atom. The quantitative estimate of drug-likeness (QED) is 0.210. The zero-order valence-electron chi connectivity index (χ0n) is 20.1. The molecule has 1 N–H and O–H groups in total. The second-order valence-corrected chi connectivity index (χ2v) is 9.84. The molecule has 1 amide bonds. The van der Waals surface area contributed by atoms with Crippen LogP contribution in [0.4, 0.5) is 9.52 Å². The Balaban J connectivity index is 1.77. The van der Waals surface area contributed by atoms with Gasteiger partial charge in [-0.15, -0.1) is 0 Å². The molecule has 3 aromatic carbocycles. The van der Waals surface area contributed by atoms with Crippen molar-refractivity contribution in [3.8, 4) is 5.75 Å². The molecule has 0 saturated carbocycles. The molecule has 5 rings (SSSR count). The Morgan fingerprint density at radius 1 is 1.06 bits per heavy atom. The number of hydrogen-bond donors (Lipinski definition) is 1. The molecule has 0 radical (unpaired) electrons. The van der Waals surface area contributed by atoms with Crippen LogP contribution in [0.15, 0.2) is 60.2 Å². The van der Waals surface area contributed by atoms with Crippen molar-refractivity contribution in [1.82, 2.24) is 4.98 Å². The summed E-state index contributed by atoms with van der Waals surface area (Å²) in [6.07, 6.45) is 0. The van der Waals surface area contributed by atoms with Gasteiger partial charge in [-0.05, 0) is 67.8 Å². The topological polar surface area (TPSA) is 79.7 Å². The van der Waals surface area contributed by atoms with Gasteiger partial charge in [-0.1, -0.05) is 41.2 Å². The molecular weight excluding hydrogens is 479 g/mol. The molecule has 0 spiro atoms. The fourth-order valence-corrected chi connectivity index (χ4v) is 5.54. The van der Waals surface area contributed by atoms with E-state index in [1.807, 2.05) is 51.1 Å². The van der Waals surface area contributed by atoms with Gasteiger partial charge in [0.2, 0.25) is 0 Å². The average Bonchev–Trinajstić information content (AvgIpc) is 3.36. The summed E-state index contributed by atoms with van der Waals surface area (Å²) in [6.45, 7) is 5.88. The molecule has 0 bridgehead atoms. The third-order valence-electron chi connectivity index (χ3n) is 6.42. The van der Waals surface area contributed by atoms with Crippen LogP contribution in [-0.4, -0.2) is 28.9 Å². The second-order valence-electron chi connectivity index (χ2n) is 8.83. The first-order chi connectivity index (χ1) is 17.2. The minimum absolute atomic E-state index is 0.0105. The van der Waals surface area contributed by atoms with Gasteiger partial charge >= 0.3 is 5.91 Å². The molecule has 36 heavy (non-hydrogen) atoms. The molecule has 0 aliphatic carbocycles. The normalized spacial score (nSPS) is 17.2. The summed E-state index contributed by atoms with van der Waals surface area (Å²) in [6, 6.07) is 14.0. The number of amides is 1. The van der Waals surface area contributed by atoms with Gasteiger partial charge in [0.1, 0.15) is 17.3 Å². The number of aromatic nitrogens is 1. The summed E-state index contributed by atoms with van der Waals surface area (Å²) in [4.78, 5) is 32.9. The van der Waals surface area contributed by atoms with Crippen molar-refractivity contribution in [3.63, 3.8) is 0 Å². The first-order valence-corrected chi connectivity index (χ1v) is 12.1. The maximum absolute atomic E-state index is 14.1. The fourth-order valence-electron chi connectivity index (χ4n) is 4.47. The molecule has 1 aliphatic rings. The number of carbonyl (C=O) groups is 2. The maximum atomic E-state index is 14.1. The number of Topliss-reactive ketones (excluding diaryl/α,β-unsaturated/α-hetero) is 1. The van der Waals surface area contributed by atoms with Crippen molar-refractivity contribution in [2.24, 2.45) is 0 Å². The summed E-state index contributed by atoms with van der Waals surface area (Å²) < 4.78 is 20.3. The number of halogens is 1. The van der Waals surface area contributed by atoms with E-state index in [-0.39, 0.29) is 16.9 Å². The number of nitrogens with zero attached hydrogens (tertiary/aromatic N) is 2. The molecule has 1 aliphatic heterocycles. The molecule has 182 valence electrons. The highest BCUT2D eigenvalue weighted by Gasteiger charge is 2.48. The van der Waals surface area contributed by atoms with E-state index in [0.717, 1.165) is 33.0 Å². The number of aryl methyl sites for hydroxylation is 3. The van der Waals surface area contributed by atoms with Crippen LogP contribution in [0.25, 0.3) is 16.0 Å². The van der Waals surface area contributed by atoms with Crippen LogP contribution in [0, 0.1) is 26.6 Å². The lowest BCUT2D eigenvalue weighted by Crippen LogP contribution is -2.29. The number of anilines is 1. The van der Waals surface area contributed by atoms with E-state index >= 15 is 0 Å². The van der Waals surface area contributed by atoms with E-state index in [2.05, 4.69) is 4.98 Å². The van der Waals surface area contributed by atoms with E-state index in [1.54, 1.807) is 6.07 Å². The highest BCUT2D eigenvalue weighted by molar-refractivity contribution is 7.22.